The van der Waals surface area contributed by atoms with Crippen LogP contribution in [0.1, 0.15) is 27.2 Å². The van der Waals surface area contributed by atoms with E-state index < -0.39 is 0 Å². The molecule has 1 amide bonds. The van der Waals surface area contributed by atoms with Gasteiger partial charge in [0.15, 0.2) is 12.4 Å². The molecular formula is C21H23N3O3. The first-order chi connectivity index (χ1) is 13.0. The fraction of sp³-hybridized carbons (Fsp3) is 0.238. The summed E-state index contributed by atoms with van der Waals surface area (Å²) in [5.74, 6) is 1.10. The Bertz CT molecular complexity index is 963. The van der Waals surface area contributed by atoms with E-state index in [2.05, 4.69) is 16.5 Å². The minimum atomic E-state index is -0.302. The summed E-state index contributed by atoms with van der Waals surface area (Å²) >= 11 is 0. The lowest BCUT2D eigenvalue weighted by Gasteiger charge is -2.10. The molecule has 140 valence electrons. The zero-order valence-electron chi connectivity index (χ0n) is 15.9. The third-order valence-electron chi connectivity index (χ3n) is 4.16. The third kappa shape index (κ3) is 4.47. The van der Waals surface area contributed by atoms with Crippen LogP contribution < -0.4 is 14.8 Å². The lowest BCUT2D eigenvalue weighted by molar-refractivity contribution is 0.102. The van der Waals surface area contributed by atoms with Gasteiger partial charge in [-0.25, -0.2) is 4.68 Å². The van der Waals surface area contributed by atoms with Gasteiger partial charge in [0, 0.05) is 6.20 Å². The van der Waals surface area contributed by atoms with Crippen LogP contribution in [-0.4, -0.2) is 22.8 Å². The van der Waals surface area contributed by atoms with E-state index in [-0.39, 0.29) is 12.6 Å². The van der Waals surface area contributed by atoms with Gasteiger partial charge in [-0.2, -0.15) is 5.10 Å². The summed E-state index contributed by atoms with van der Waals surface area (Å²) in [5.41, 5.74) is 4.20. The summed E-state index contributed by atoms with van der Waals surface area (Å²) in [6, 6.07) is 13.3. The standard InChI is InChI=1S/C21H23N3O3/c1-14-5-7-19(16(3)11-14)27-13-24-10-9-17(23-24)21(25)22-18-12-15(2)6-8-20(18)26-4/h5-12H,13H2,1-4H3,(H,22,25). The molecular weight excluding hydrogens is 342 g/mol. The maximum absolute atomic E-state index is 12.5. The van der Waals surface area contributed by atoms with Gasteiger partial charge >= 0.3 is 0 Å². The number of anilines is 1. The lowest BCUT2D eigenvalue weighted by atomic mass is 10.1. The van der Waals surface area contributed by atoms with E-state index in [0.717, 1.165) is 16.9 Å². The van der Waals surface area contributed by atoms with Crippen LogP contribution in [0.5, 0.6) is 11.5 Å². The van der Waals surface area contributed by atoms with Crippen LogP contribution in [0.3, 0.4) is 0 Å². The highest BCUT2D eigenvalue weighted by molar-refractivity contribution is 6.03. The van der Waals surface area contributed by atoms with Crippen molar-refractivity contribution in [1.82, 2.24) is 9.78 Å². The van der Waals surface area contributed by atoms with E-state index >= 15 is 0 Å². The van der Waals surface area contributed by atoms with E-state index in [0.29, 0.717) is 17.1 Å². The number of methoxy groups -OCH3 is 1. The first-order valence-corrected chi connectivity index (χ1v) is 8.66. The Morgan fingerprint density at radius 3 is 2.44 bits per heavy atom. The average Bonchev–Trinajstić information content (AvgIpc) is 3.10. The van der Waals surface area contributed by atoms with Crippen molar-refractivity contribution in [1.29, 1.82) is 0 Å². The summed E-state index contributed by atoms with van der Waals surface area (Å²) in [4.78, 5) is 12.5. The minimum absolute atomic E-state index is 0.227. The third-order valence-corrected chi connectivity index (χ3v) is 4.16. The summed E-state index contributed by atoms with van der Waals surface area (Å²) in [6.45, 7) is 6.22. The molecule has 0 spiro atoms. The fourth-order valence-electron chi connectivity index (χ4n) is 2.76. The Morgan fingerprint density at radius 1 is 1.04 bits per heavy atom. The van der Waals surface area contributed by atoms with Crippen molar-refractivity contribution in [2.75, 3.05) is 12.4 Å². The maximum atomic E-state index is 12.5. The van der Waals surface area contributed by atoms with Crippen LogP contribution in [0, 0.1) is 20.8 Å². The van der Waals surface area contributed by atoms with Crippen molar-refractivity contribution in [3.63, 3.8) is 0 Å². The van der Waals surface area contributed by atoms with E-state index in [9.17, 15) is 4.79 Å². The molecule has 2 aromatic carbocycles. The Hall–Kier alpha value is -3.28. The molecule has 6 nitrogen and oxygen atoms in total. The van der Waals surface area contributed by atoms with Crippen molar-refractivity contribution in [3.8, 4) is 11.5 Å². The predicted molar refractivity (Wildman–Crippen MR) is 104 cm³/mol. The molecule has 0 aliphatic rings. The Kier molecular flexibility index (Phi) is 5.45. The molecule has 6 heteroatoms. The normalized spacial score (nSPS) is 10.5. The Morgan fingerprint density at radius 2 is 1.74 bits per heavy atom. The summed E-state index contributed by atoms with van der Waals surface area (Å²) in [7, 11) is 1.57. The number of nitrogens with zero attached hydrogens (tertiary/aromatic N) is 2. The molecule has 0 bridgehead atoms. The Balaban J connectivity index is 1.66. The quantitative estimate of drug-likeness (QED) is 0.714. The lowest BCUT2D eigenvalue weighted by Crippen LogP contribution is -2.15. The van der Waals surface area contributed by atoms with Gasteiger partial charge in [-0.1, -0.05) is 23.8 Å². The van der Waals surface area contributed by atoms with Crippen LogP contribution >= 0.6 is 0 Å². The predicted octanol–water partition coefficient (Wildman–Crippen LogP) is 4.11. The second kappa shape index (κ2) is 7.95. The number of hydrogen-bond acceptors (Lipinski definition) is 4. The van der Waals surface area contributed by atoms with Gasteiger partial charge in [0.2, 0.25) is 0 Å². The molecule has 0 atom stereocenters. The number of aryl methyl sites for hydroxylation is 3. The van der Waals surface area contributed by atoms with Crippen LogP contribution in [0.4, 0.5) is 5.69 Å². The van der Waals surface area contributed by atoms with E-state index in [1.54, 1.807) is 24.1 Å². The summed E-state index contributed by atoms with van der Waals surface area (Å²) < 4.78 is 12.7. The van der Waals surface area contributed by atoms with Gasteiger partial charge in [-0.3, -0.25) is 4.79 Å². The van der Waals surface area contributed by atoms with Crippen LogP contribution in [0.15, 0.2) is 48.7 Å². The zero-order valence-corrected chi connectivity index (χ0v) is 15.9. The molecule has 3 aromatic rings. The molecule has 27 heavy (non-hydrogen) atoms. The second-order valence-corrected chi connectivity index (χ2v) is 6.44. The average molecular weight is 365 g/mol. The minimum Gasteiger partial charge on any atom is -0.495 e. The molecule has 1 N–H and O–H groups in total. The van der Waals surface area contributed by atoms with Crippen molar-refractivity contribution in [2.45, 2.75) is 27.5 Å². The van der Waals surface area contributed by atoms with Gasteiger partial charge in [0.1, 0.15) is 11.5 Å². The van der Waals surface area contributed by atoms with E-state index in [1.807, 2.05) is 51.1 Å². The first-order valence-electron chi connectivity index (χ1n) is 8.66. The highest BCUT2D eigenvalue weighted by atomic mass is 16.5. The topological polar surface area (TPSA) is 65.4 Å². The van der Waals surface area contributed by atoms with Crippen molar-refractivity contribution in [3.05, 3.63) is 71.0 Å². The molecule has 0 aliphatic heterocycles. The fourth-order valence-corrected chi connectivity index (χ4v) is 2.76. The number of carbonyl (C=O) groups excluding carboxylic acids is 1. The first kappa shape index (κ1) is 18.5. The number of nitrogens with one attached hydrogen (secondary N) is 1. The van der Waals surface area contributed by atoms with Gasteiger partial charge in [-0.15, -0.1) is 0 Å². The number of rotatable bonds is 6. The van der Waals surface area contributed by atoms with Gasteiger partial charge in [0.25, 0.3) is 5.91 Å². The highest BCUT2D eigenvalue weighted by Crippen LogP contribution is 2.25. The monoisotopic (exact) mass is 365 g/mol. The van der Waals surface area contributed by atoms with Gasteiger partial charge < -0.3 is 14.8 Å². The van der Waals surface area contributed by atoms with Gasteiger partial charge in [0.05, 0.1) is 12.8 Å². The number of hydrogen-bond donors (Lipinski definition) is 1. The number of carbonyl (C=O) groups is 1. The SMILES string of the molecule is COc1ccc(C)cc1NC(=O)c1ccn(COc2ccc(C)cc2C)n1. The van der Waals surface area contributed by atoms with Gasteiger partial charge in [-0.05, 0) is 56.2 Å². The maximum Gasteiger partial charge on any atom is 0.276 e. The summed E-state index contributed by atoms with van der Waals surface area (Å²) in [5, 5.41) is 7.13. The molecule has 0 unspecified atom stereocenters. The highest BCUT2D eigenvalue weighted by Gasteiger charge is 2.13. The van der Waals surface area contributed by atoms with Crippen molar-refractivity contribution in [2.24, 2.45) is 0 Å². The number of ether oxygens (including phenoxy) is 2. The smallest absolute Gasteiger partial charge is 0.276 e. The molecule has 0 radical (unpaired) electrons. The van der Waals surface area contributed by atoms with Crippen LogP contribution in [0.2, 0.25) is 0 Å². The molecule has 0 aliphatic carbocycles. The Labute approximate surface area is 158 Å². The second-order valence-electron chi connectivity index (χ2n) is 6.44. The zero-order chi connectivity index (χ0) is 19.4. The number of amides is 1. The summed E-state index contributed by atoms with van der Waals surface area (Å²) in [6.07, 6.45) is 1.71. The molecule has 0 saturated carbocycles. The van der Waals surface area contributed by atoms with Crippen LogP contribution in [0.25, 0.3) is 0 Å². The number of benzene rings is 2. The van der Waals surface area contributed by atoms with Crippen molar-refractivity contribution < 1.29 is 14.3 Å². The number of aromatic nitrogens is 2. The molecule has 1 aromatic heterocycles. The van der Waals surface area contributed by atoms with E-state index in [4.69, 9.17) is 9.47 Å². The molecule has 0 saturated heterocycles. The largest absolute Gasteiger partial charge is 0.495 e. The molecule has 3 rings (SSSR count). The molecule has 0 fully saturated rings. The molecule has 1 heterocycles. The van der Waals surface area contributed by atoms with Crippen molar-refractivity contribution >= 4 is 11.6 Å². The van der Waals surface area contributed by atoms with Crippen LogP contribution in [-0.2, 0) is 6.73 Å². The van der Waals surface area contributed by atoms with E-state index in [1.165, 1.54) is 5.56 Å².